The van der Waals surface area contributed by atoms with Crippen molar-refractivity contribution in [1.82, 2.24) is 10.3 Å². The SMILES string of the molecule is CCN(C(=O)CC1CCCN1)c1nc(C)cs1.Cl. The van der Waals surface area contributed by atoms with Gasteiger partial charge in [-0.15, -0.1) is 23.7 Å². The lowest BCUT2D eigenvalue weighted by atomic mass is 10.1. The lowest BCUT2D eigenvalue weighted by molar-refractivity contribution is -0.119. The molecule has 1 atom stereocenters. The Morgan fingerprint density at radius 2 is 2.44 bits per heavy atom. The maximum Gasteiger partial charge on any atom is 0.230 e. The summed E-state index contributed by atoms with van der Waals surface area (Å²) < 4.78 is 0. The average Bonchev–Trinajstić information content (AvgIpc) is 2.91. The van der Waals surface area contributed by atoms with Gasteiger partial charge in [0.2, 0.25) is 5.91 Å². The fraction of sp³-hybridized carbons (Fsp3) is 0.667. The highest BCUT2D eigenvalue weighted by Gasteiger charge is 2.23. The van der Waals surface area contributed by atoms with Gasteiger partial charge in [-0.05, 0) is 33.2 Å². The largest absolute Gasteiger partial charge is 0.313 e. The smallest absolute Gasteiger partial charge is 0.230 e. The molecule has 1 aromatic rings. The molecule has 1 fully saturated rings. The average molecular weight is 290 g/mol. The summed E-state index contributed by atoms with van der Waals surface area (Å²) in [6.45, 7) is 5.69. The van der Waals surface area contributed by atoms with Gasteiger partial charge in [-0.2, -0.15) is 0 Å². The normalized spacial score (nSPS) is 18.4. The number of carbonyl (C=O) groups excluding carboxylic acids is 1. The van der Waals surface area contributed by atoms with Crippen molar-refractivity contribution < 1.29 is 4.79 Å². The molecule has 0 bridgehead atoms. The van der Waals surface area contributed by atoms with E-state index in [0.717, 1.165) is 23.8 Å². The quantitative estimate of drug-likeness (QED) is 0.925. The minimum absolute atomic E-state index is 0. The predicted octanol–water partition coefficient (Wildman–Crippen LogP) is 2.37. The summed E-state index contributed by atoms with van der Waals surface area (Å²) >= 11 is 1.54. The Kier molecular flexibility index (Phi) is 6.05. The van der Waals surface area contributed by atoms with Crippen LogP contribution in [0.5, 0.6) is 0 Å². The van der Waals surface area contributed by atoms with Crippen molar-refractivity contribution >= 4 is 34.8 Å². The zero-order valence-corrected chi connectivity index (χ0v) is 12.4. The van der Waals surface area contributed by atoms with Gasteiger partial charge >= 0.3 is 0 Å². The minimum Gasteiger partial charge on any atom is -0.313 e. The first kappa shape index (κ1) is 15.4. The van der Waals surface area contributed by atoms with Crippen molar-refractivity contribution in [1.29, 1.82) is 0 Å². The van der Waals surface area contributed by atoms with E-state index in [4.69, 9.17) is 0 Å². The molecular formula is C12H20ClN3OS. The summed E-state index contributed by atoms with van der Waals surface area (Å²) in [5.41, 5.74) is 0.982. The third kappa shape index (κ3) is 3.67. The topological polar surface area (TPSA) is 45.2 Å². The number of amides is 1. The van der Waals surface area contributed by atoms with Gasteiger partial charge in [0.15, 0.2) is 5.13 Å². The molecule has 1 unspecified atom stereocenters. The van der Waals surface area contributed by atoms with E-state index in [-0.39, 0.29) is 18.3 Å². The highest BCUT2D eigenvalue weighted by molar-refractivity contribution is 7.14. The van der Waals surface area contributed by atoms with Crippen LogP contribution in [0.3, 0.4) is 0 Å². The lowest BCUT2D eigenvalue weighted by Gasteiger charge is -2.19. The lowest BCUT2D eigenvalue weighted by Crippen LogP contribution is -2.35. The van der Waals surface area contributed by atoms with Crippen LogP contribution in [0.25, 0.3) is 0 Å². The Labute approximate surface area is 118 Å². The fourth-order valence-electron chi connectivity index (χ4n) is 2.14. The summed E-state index contributed by atoms with van der Waals surface area (Å²) in [6, 6.07) is 0.359. The van der Waals surface area contributed by atoms with Crippen LogP contribution in [0, 0.1) is 6.92 Å². The molecule has 1 amide bonds. The standard InChI is InChI=1S/C12H19N3OS.ClH/c1-3-15(12-14-9(2)8-17-12)11(16)7-10-5-4-6-13-10;/h8,10,13H,3-7H2,1-2H3;1H. The number of hydrogen-bond acceptors (Lipinski definition) is 4. The Balaban J connectivity index is 0.00000162. The van der Waals surface area contributed by atoms with E-state index < -0.39 is 0 Å². The molecule has 0 saturated carbocycles. The van der Waals surface area contributed by atoms with Gasteiger partial charge in [0, 0.05) is 24.4 Å². The molecule has 1 N–H and O–H groups in total. The van der Waals surface area contributed by atoms with Crippen molar-refractivity contribution in [3.63, 3.8) is 0 Å². The van der Waals surface area contributed by atoms with Crippen LogP contribution >= 0.6 is 23.7 Å². The molecule has 4 nitrogen and oxygen atoms in total. The first-order valence-corrected chi connectivity index (χ1v) is 7.04. The molecule has 102 valence electrons. The Hall–Kier alpha value is -0.650. The molecule has 1 aliphatic rings. The van der Waals surface area contributed by atoms with E-state index in [1.807, 2.05) is 19.2 Å². The maximum atomic E-state index is 12.2. The highest BCUT2D eigenvalue weighted by Crippen LogP contribution is 2.21. The van der Waals surface area contributed by atoms with Crippen molar-refractivity contribution in [3.05, 3.63) is 11.1 Å². The second-order valence-corrected chi connectivity index (χ2v) is 5.24. The third-order valence-electron chi connectivity index (χ3n) is 3.04. The summed E-state index contributed by atoms with van der Waals surface area (Å²) in [4.78, 5) is 18.4. The van der Waals surface area contributed by atoms with Gasteiger partial charge in [0.1, 0.15) is 0 Å². The number of carbonyl (C=O) groups is 1. The second-order valence-electron chi connectivity index (χ2n) is 4.41. The Bertz CT molecular complexity index is 390. The molecule has 1 aliphatic heterocycles. The molecule has 6 heteroatoms. The number of halogens is 1. The van der Waals surface area contributed by atoms with Gasteiger partial charge < -0.3 is 5.32 Å². The van der Waals surface area contributed by atoms with E-state index in [2.05, 4.69) is 10.3 Å². The number of nitrogens with one attached hydrogen (secondary N) is 1. The van der Waals surface area contributed by atoms with Crippen LogP contribution in [0.2, 0.25) is 0 Å². The number of aromatic nitrogens is 1. The van der Waals surface area contributed by atoms with Crippen LogP contribution < -0.4 is 10.2 Å². The summed E-state index contributed by atoms with van der Waals surface area (Å²) in [6.07, 6.45) is 2.88. The number of anilines is 1. The fourth-order valence-corrected chi connectivity index (χ4v) is 3.02. The Morgan fingerprint density at radius 3 is 2.94 bits per heavy atom. The molecule has 0 aromatic carbocycles. The van der Waals surface area contributed by atoms with Crippen LogP contribution in [-0.4, -0.2) is 30.0 Å². The third-order valence-corrected chi connectivity index (χ3v) is 4.02. The minimum atomic E-state index is 0. The summed E-state index contributed by atoms with van der Waals surface area (Å²) in [5.74, 6) is 0.182. The molecule has 0 aliphatic carbocycles. The van der Waals surface area contributed by atoms with Gasteiger partial charge in [-0.25, -0.2) is 4.98 Å². The second kappa shape index (κ2) is 7.07. The highest BCUT2D eigenvalue weighted by atomic mass is 35.5. The van der Waals surface area contributed by atoms with Crippen molar-refractivity contribution in [2.24, 2.45) is 0 Å². The van der Waals surface area contributed by atoms with E-state index in [9.17, 15) is 4.79 Å². The van der Waals surface area contributed by atoms with E-state index in [1.54, 1.807) is 16.2 Å². The molecular weight excluding hydrogens is 270 g/mol. The first-order valence-electron chi connectivity index (χ1n) is 6.16. The van der Waals surface area contributed by atoms with Crippen LogP contribution in [0.4, 0.5) is 5.13 Å². The molecule has 1 aromatic heterocycles. The van der Waals surface area contributed by atoms with Crippen molar-refractivity contribution in [2.45, 2.75) is 39.2 Å². The predicted molar refractivity (Wildman–Crippen MR) is 77.8 cm³/mol. The Morgan fingerprint density at radius 1 is 1.67 bits per heavy atom. The molecule has 2 heterocycles. The molecule has 2 rings (SSSR count). The van der Waals surface area contributed by atoms with Crippen molar-refractivity contribution in [3.8, 4) is 0 Å². The first-order chi connectivity index (χ1) is 8.20. The molecule has 0 spiro atoms. The van der Waals surface area contributed by atoms with Crippen molar-refractivity contribution in [2.75, 3.05) is 18.0 Å². The number of hydrogen-bond donors (Lipinski definition) is 1. The number of nitrogens with zero attached hydrogens (tertiary/aromatic N) is 2. The zero-order chi connectivity index (χ0) is 12.3. The van der Waals surface area contributed by atoms with Gasteiger partial charge in [-0.3, -0.25) is 9.69 Å². The summed E-state index contributed by atoms with van der Waals surface area (Å²) in [7, 11) is 0. The monoisotopic (exact) mass is 289 g/mol. The zero-order valence-electron chi connectivity index (χ0n) is 10.8. The maximum absolute atomic E-state index is 12.2. The molecule has 1 saturated heterocycles. The van der Waals surface area contributed by atoms with Crippen LogP contribution in [0.1, 0.15) is 31.9 Å². The number of thiazole rings is 1. The van der Waals surface area contributed by atoms with Gasteiger partial charge in [-0.1, -0.05) is 0 Å². The van der Waals surface area contributed by atoms with Gasteiger partial charge in [0.25, 0.3) is 0 Å². The van der Waals surface area contributed by atoms with E-state index in [0.29, 0.717) is 19.0 Å². The van der Waals surface area contributed by atoms with Crippen LogP contribution in [-0.2, 0) is 4.79 Å². The van der Waals surface area contributed by atoms with Crippen LogP contribution in [0.15, 0.2) is 5.38 Å². The molecule has 18 heavy (non-hydrogen) atoms. The number of rotatable bonds is 4. The summed E-state index contributed by atoms with van der Waals surface area (Å²) in [5, 5.41) is 6.17. The van der Waals surface area contributed by atoms with E-state index >= 15 is 0 Å². The molecule has 0 radical (unpaired) electrons. The number of aryl methyl sites for hydroxylation is 1. The van der Waals surface area contributed by atoms with E-state index in [1.165, 1.54) is 6.42 Å². The van der Waals surface area contributed by atoms with Gasteiger partial charge in [0.05, 0.1) is 5.69 Å².